The third-order valence-electron chi connectivity index (χ3n) is 4.83. The maximum atomic E-state index is 14.6. The van der Waals surface area contributed by atoms with E-state index in [4.69, 9.17) is 4.42 Å². The van der Waals surface area contributed by atoms with Crippen molar-refractivity contribution in [2.24, 2.45) is 0 Å². The monoisotopic (exact) mass is 373 g/mol. The van der Waals surface area contributed by atoms with E-state index in [9.17, 15) is 4.39 Å². The van der Waals surface area contributed by atoms with Crippen LogP contribution in [0.4, 0.5) is 10.1 Å². The first kappa shape index (κ1) is 17.9. The molecule has 1 atom stereocenters. The quantitative estimate of drug-likeness (QED) is 0.488. The van der Waals surface area contributed by atoms with Crippen LogP contribution in [0.1, 0.15) is 28.6 Å². The Morgan fingerprint density at radius 1 is 0.857 bits per heavy atom. The van der Waals surface area contributed by atoms with Gasteiger partial charge in [-0.25, -0.2) is 4.39 Å². The van der Waals surface area contributed by atoms with Crippen molar-refractivity contribution in [3.63, 3.8) is 0 Å². The number of rotatable bonds is 5. The number of hydrogen-bond donors (Lipinski definition) is 1. The summed E-state index contributed by atoms with van der Waals surface area (Å²) in [5.41, 5.74) is 4.40. The topological polar surface area (TPSA) is 51.0 Å². The summed E-state index contributed by atoms with van der Waals surface area (Å²) in [6.45, 7) is 4.07. The third kappa shape index (κ3) is 3.51. The van der Waals surface area contributed by atoms with Crippen LogP contribution in [-0.4, -0.2) is 10.2 Å². The third-order valence-corrected chi connectivity index (χ3v) is 4.83. The number of hydrogen-bond acceptors (Lipinski definition) is 4. The molecule has 4 rings (SSSR count). The van der Waals surface area contributed by atoms with Gasteiger partial charge in [-0.2, -0.15) is 0 Å². The summed E-state index contributed by atoms with van der Waals surface area (Å²) in [7, 11) is 0. The zero-order valence-electron chi connectivity index (χ0n) is 15.7. The molecule has 1 aromatic heterocycles. The molecule has 0 aliphatic rings. The highest BCUT2D eigenvalue weighted by molar-refractivity contribution is 5.56. The predicted octanol–water partition coefficient (Wildman–Crippen LogP) is 5.69. The first-order valence-corrected chi connectivity index (χ1v) is 9.09. The Morgan fingerprint density at radius 2 is 1.61 bits per heavy atom. The maximum absolute atomic E-state index is 14.6. The standard InChI is InChI=1S/C23H20FN3O/c1-15-9-8-14-20(16(15)2)25-21(18-12-6-7-13-19(18)24)23-27-26-22(28-23)17-10-4-3-5-11-17/h3-14,21,25H,1-2H3/t21-/m1/s1. The number of benzene rings is 3. The number of nitrogens with one attached hydrogen (secondary N) is 1. The minimum absolute atomic E-state index is 0.310. The lowest BCUT2D eigenvalue weighted by Crippen LogP contribution is -2.15. The lowest BCUT2D eigenvalue weighted by molar-refractivity contribution is 0.485. The van der Waals surface area contributed by atoms with E-state index in [1.165, 1.54) is 6.07 Å². The molecule has 4 nitrogen and oxygen atoms in total. The largest absolute Gasteiger partial charge is 0.418 e. The minimum atomic E-state index is -0.605. The summed E-state index contributed by atoms with van der Waals surface area (Å²) in [5.74, 6) is 0.384. The molecule has 0 bridgehead atoms. The van der Waals surface area contributed by atoms with Crippen molar-refractivity contribution in [1.82, 2.24) is 10.2 Å². The van der Waals surface area contributed by atoms with Crippen LogP contribution in [0.25, 0.3) is 11.5 Å². The van der Waals surface area contributed by atoms with Gasteiger partial charge in [0.15, 0.2) is 0 Å². The van der Waals surface area contributed by atoms with Crippen molar-refractivity contribution in [2.45, 2.75) is 19.9 Å². The van der Waals surface area contributed by atoms with Gasteiger partial charge in [0, 0.05) is 16.8 Å². The van der Waals surface area contributed by atoms with Gasteiger partial charge in [0.1, 0.15) is 11.9 Å². The van der Waals surface area contributed by atoms with Gasteiger partial charge < -0.3 is 9.73 Å². The number of aromatic nitrogens is 2. The molecule has 3 aromatic carbocycles. The van der Waals surface area contributed by atoms with Gasteiger partial charge in [-0.15, -0.1) is 10.2 Å². The molecule has 0 aliphatic carbocycles. The number of aryl methyl sites for hydroxylation is 1. The van der Waals surface area contributed by atoms with Crippen molar-refractivity contribution in [3.05, 3.63) is 101 Å². The molecule has 4 aromatic rings. The van der Waals surface area contributed by atoms with Gasteiger partial charge in [-0.3, -0.25) is 0 Å². The molecule has 0 saturated heterocycles. The minimum Gasteiger partial charge on any atom is -0.418 e. The smallest absolute Gasteiger partial charge is 0.247 e. The van der Waals surface area contributed by atoms with Crippen LogP contribution in [0.3, 0.4) is 0 Å². The number of anilines is 1. The van der Waals surface area contributed by atoms with E-state index in [0.717, 1.165) is 22.4 Å². The molecule has 5 heteroatoms. The lowest BCUT2D eigenvalue weighted by atomic mass is 10.0. The average molecular weight is 373 g/mol. The Kier molecular flexibility index (Phi) is 4.89. The fourth-order valence-electron chi connectivity index (χ4n) is 3.09. The maximum Gasteiger partial charge on any atom is 0.247 e. The van der Waals surface area contributed by atoms with Crippen LogP contribution in [-0.2, 0) is 0 Å². The summed E-state index contributed by atoms with van der Waals surface area (Å²) in [6, 6.07) is 21.5. The van der Waals surface area contributed by atoms with Gasteiger partial charge in [-0.05, 0) is 49.2 Å². The van der Waals surface area contributed by atoms with Crippen molar-refractivity contribution >= 4 is 5.69 Å². The Balaban J connectivity index is 1.77. The van der Waals surface area contributed by atoms with Crippen LogP contribution < -0.4 is 5.32 Å². The molecule has 1 N–H and O–H groups in total. The lowest BCUT2D eigenvalue weighted by Gasteiger charge is -2.19. The molecular formula is C23H20FN3O. The molecule has 1 heterocycles. The SMILES string of the molecule is Cc1cccc(N[C@@H](c2nnc(-c3ccccc3)o2)c2ccccc2F)c1C. The molecule has 0 unspecified atom stereocenters. The second-order valence-corrected chi connectivity index (χ2v) is 6.66. The van der Waals surface area contributed by atoms with E-state index in [2.05, 4.69) is 15.5 Å². The molecule has 0 saturated carbocycles. The first-order valence-electron chi connectivity index (χ1n) is 9.09. The predicted molar refractivity (Wildman–Crippen MR) is 108 cm³/mol. The van der Waals surface area contributed by atoms with Crippen LogP contribution in [0.15, 0.2) is 77.2 Å². The fraction of sp³-hybridized carbons (Fsp3) is 0.130. The second kappa shape index (κ2) is 7.64. The van der Waals surface area contributed by atoms with E-state index >= 15 is 0 Å². The summed E-state index contributed by atoms with van der Waals surface area (Å²) < 4.78 is 20.5. The van der Waals surface area contributed by atoms with Crippen LogP contribution >= 0.6 is 0 Å². The summed E-state index contributed by atoms with van der Waals surface area (Å²) in [6.07, 6.45) is 0. The molecule has 28 heavy (non-hydrogen) atoms. The van der Waals surface area contributed by atoms with E-state index in [-0.39, 0.29) is 5.82 Å². The highest BCUT2D eigenvalue weighted by atomic mass is 19.1. The fourth-order valence-corrected chi connectivity index (χ4v) is 3.09. The van der Waals surface area contributed by atoms with E-state index in [1.807, 2.05) is 62.4 Å². The highest BCUT2D eigenvalue weighted by Crippen LogP contribution is 2.31. The van der Waals surface area contributed by atoms with Crippen LogP contribution in [0, 0.1) is 19.7 Å². The Hall–Kier alpha value is -3.47. The van der Waals surface area contributed by atoms with E-state index in [0.29, 0.717) is 17.3 Å². The molecular weight excluding hydrogens is 353 g/mol. The van der Waals surface area contributed by atoms with Crippen molar-refractivity contribution in [3.8, 4) is 11.5 Å². The zero-order chi connectivity index (χ0) is 19.5. The second-order valence-electron chi connectivity index (χ2n) is 6.66. The van der Waals surface area contributed by atoms with Crippen LogP contribution in [0.5, 0.6) is 0 Å². The van der Waals surface area contributed by atoms with Crippen molar-refractivity contribution < 1.29 is 8.81 Å². The molecule has 0 radical (unpaired) electrons. The van der Waals surface area contributed by atoms with Crippen molar-refractivity contribution in [2.75, 3.05) is 5.32 Å². The van der Waals surface area contributed by atoms with E-state index in [1.54, 1.807) is 18.2 Å². The van der Waals surface area contributed by atoms with Crippen molar-refractivity contribution in [1.29, 1.82) is 0 Å². The molecule has 0 amide bonds. The average Bonchev–Trinajstić information content (AvgIpc) is 3.20. The first-order chi connectivity index (χ1) is 13.6. The molecule has 0 fully saturated rings. The van der Waals surface area contributed by atoms with Gasteiger partial charge in [0.2, 0.25) is 11.8 Å². The summed E-state index contributed by atoms with van der Waals surface area (Å²) >= 11 is 0. The zero-order valence-corrected chi connectivity index (χ0v) is 15.7. The highest BCUT2D eigenvalue weighted by Gasteiger charge is 2.24. The molecule has 140 valence electrons. The Morgan fingerprint density at radius 3 is 2.39 bits per heavy atom. The summed E-state index contributed by atoms with van der Waals surface area (Å²) in [4.78, 5) is 0. The van der Waals surface area contributed by atoms with Gasteiger partial charge in [0.05, 0.1) is 0 Å². The number of nitrogens with zero attached hydrogens (tertiary/aromatic N) is 2. The van der Waals surface area contributed by atoms with Crippen LogP contribution in [0.2, 0.25) is 0 Å². The normalized spacial score (nSPS) is 12.0. The molecule has 0 spiro atoms. The Labute approximate surface area is 163 Å². The number of halogens is 1. The Bertz CT molecular complexity index is 1090. The molecule has 0 aliphatic heterocycles. The van der Waals surface area contributed by atoms with Gasteiger partial charge >= 0.3 is 0 Å². The van der Waals surface area contributed by atoms with Gasteiger partial charge in [-0.1, -0.05) is 48.5 Å². The van der Waals surface area contributed by atoms with E-state index < -0.39 is 6.04 Å². The van der Waals surface area contributed by atoms with Gasteiger partial charge in [0.25, 0.3) is 0 Å². The summed E-state index contributed by atoms with van der Waals surface area (Å²) in [5, 5.41) is 11.8.